The Morgan fingerprint density at radius 3 is 2.50 bits per heavy atom. The van der Waals surface area contributed by atoms with Crippen molar-refractivity contribution in [3.63, 3.8) is 0 Å². The van der Waals surface area contributed by atoms with E-state index < -0.39 is 12.0 Å². The lowest BCUT2D eigenvalue weighted by atomic mass is 10.1. The lowest BCUT2D eigenvalue weighted by Gasteiger charge is -2.08. The van der Waals surface area contributed by atoms with Crippen LogP contribution in [0, 0.1) is 0 Å². The molecule has 1 rings (SSSR count). The summed E-state index contributed by atoms with van der Waals surface area (Å²) in [6, 6.07) is 4.18. The molecule has 86 valence electrons. The second kappa shape index (κ2) is 5.21. The first-order valence-electron chi connectivity index (χ1n) is 4.33. The molecule has 1 aromatic rings. The molecule has 1 aromatic carbocycles. The van der Waals surface area contributed by atoms with E-state index in [0.717, 1.165) is 0 Å². The molecule has 0 heterocycles. The zero-order valence-corrected chi connectivity index (χ0v) is 9.66. The molecule has 6 heteroatoms. The maximum atomic E-state index is 10.5. The number of carboxylic acid groups (broad SMARTS) is 1. The highest BCUT2D eigenvalue weighted by atomic mass is 35.5. The van der Waals surface area contributed by atoms with Crippen molar-refractivity contribution in [2.24, 2.45) is 11.5 Å². The van der Waals surface area contributed by atoms with E-state index in [9.17, 15) is 4.79 Å². The fourth-order valence-corrected chi connectivity index (χ4v) is 1.39. The van der Waals surface area contributed by atoms with Crippen LogP contribution in [0.5, 0.6) is 0 Å². The number of halogens is 2. The molecule has 0 radical (unpaired) electrons. The van der Waals surface area contributed by atoms with Crippen molar-refractivity contribution in [2.75, 3.05) is 0 Å². The van der Waals surface area contributed by atoms with Gasteiger partial charge in [0.1, 0.15) is 5.70 Å². The molecule has 5 N–H and O–H groups in total. The molecule has 0 aliphatic carbocycles. The molecular weight excluding hydrogens is 251 g/mol. The van der Waals surface area contributed by atoms with Gasteiger partial charge in [-0.2, -0.15) is 0 Å². The molecular formula is C10H10Cl2N2O2. The van der Waals surface area contributed by atoms with Crippen LogP contribution in [0.15, 0.2) is 30.0 Å². The molecule has 4 nitrogen and oxygen atoms in total. The SMILES string of the molecule is N/C(=C\C(N)c1ccc(Cl)c(Cl)c1)C(=O)O. The van der Waals surface area contributed by atoms with Gasteiger partial charge < -0.3 is 16.6 Å². The van der Waals surface area contributed by atoms with E-state index in [-0.39, 0.29) is 5.70 Å². The normalized spacial score (nSPS) is 13.6. The van der Waals surface area contributed by atoms with Gasteiger partial charge in [0, 0.05) is 0 Å². The maximum Gasteiger partial charge on any atom is 0.351 e. The summed E-state index contributed by atoms with van der Waals surface area (Å²) in [6.45, 7) is 0. The number of carboxylic acids is 1. The summed E-state index contributed by atoms with van der Waals surface area (Å²) < 4.78 is 0. The summed E-state index contributed by atoms with van der Waals surface area (Å²) in [5.41, 5.74) is 11.3. The summed E-state index contributed by atoms with van der Waals surface area (Å²) in [5.74, 6) is -1.21. The molecule has 0 bridgehead atoms. The van der Waals surface area contributed by atoms with E-state index in [2.05, 4.69) is 0 Å². The molecule has 1 unspecified atom stereocenters. The molecule has 0 amide bonds. The predicted octanol–water partition coefficient (Wildman–Crippen LogP) is 1.92. The highest BCUT2D eigenvalue weighted by molar-refractivity contribution is 6.42. The summed E-state index contributed by atoms with van der Waals surface area (Å²) in [5, 5.41) is 9.35. The molecule has 0 fully saturated rings. The van der Waals surface area contributed by atoms with Crippen LogP contribution in [0.25, 0.3) is 0 Å². The van der Waals surface area contributed by atoms with E-state index in [1.165, 1.54) is 6.08 Å². The fraction of sp³-hybridized carbons (Fsp3) is 0.100. The smallest absolute Gasteiger partial charge is 0.351 e. The van der Waals surface area contributed by atoms with E-state index in [1.807, 2.05) is 0 Å². The number of hydrogen-bond acceptors (Lipinski definition) is 3. The fourth-order valence-electron chi connectivity index (χ4n) is 1.08. The summed E-state index contributed by atoms with van der Waals surface area (Å²) in [7, 11) is 0. The number of aliphatic carboxylic acids is 1. The van der Waals surface area contributed by atoms with Crippen LogP contribution in [0.4, 0.5) is 0 Å². The molecule has 0 aromatic heterocycles. The molecule has 0 spiro atoms. The van der Waals surface area contributed by atoms with Gasteiger partial charge in [0.15, 0.2) is 0 Å². The van der Waals surface area contributed by atoms with Crippen LogP contribution in [0.1, 0.15) is 11.6 Å². The van der Waals surface area contributed by atoms with Crippen LogP contribution in [-0.2, 0) is 4.79 Å². The third kappa shape index (κ3) is 3.13. The molecule has 0 aliphatic rings. The van der Waals surface area contributed by atoms with Gasteiger partial charge in [-0.05, 0) is 23.8 Å². The quantitative estimate of drug-likeness (QED) is 0.725. The largest absolute Gasteiger partial charge is 0.477 e. The van der Waals surface area contributed by atoms with E-state index >= 15 is 0 Å². The Labute approximate surface area is 102 Å². The van der Waals surface area contributed by atoms with E-state index in [0.29, 0.717) is 15.6 Å². The number of carbonyl (C=O) groups is 1. The minimum Gasteiger partial charge on any atom is -0.477 e. The summed E-state index contributed by atoms with van der Waals surface area (Å²) in [6.07, 6.45) is 1.24. The first-order chi connectivity index (χ1) is 7.41. The zero-order valence-electron chi connectivity index (χ0n) is 8.15. The zero-order chi connectivity index (χ0) is 12.3. The Balaban J connectivity index is 2.97. The summed E-state index contributed by atoms with van der Waals surface area (Å²) >= 11 is 11.5. The Morgan fingerprint density at radius 1 is 1.38 bits per heavy atom. The molecule has 0 saturated carbocycles. The first-order valence-corrected chi connectivity index (χ1v) is 5.08. The lowest BCUT2D eigenvalue weighted by Crippen LogP contribution is -2.15. The van der Waals surface area contributed by atoms with Gasteiger partial charge in [-0.15, -0.1) is 0 Å². The van der Waals surface area contributed by atoms with E-state index in [1.54, 1.807) is 18.2 Å². The average molecular weight is 261 g/mol. The second-order valence-corrected chi connectivity index (χ2v) is 3.94. The van der Waals surface area contributed by atoms with Crippen molar-refractivity contribution in [1.29, 1.82) is 0 Å². The maximum absolute atomic E-state index is 10.5. The van der Waals surface area contributed by atoms with Crippen LogP contribution < -0.4 is 11.5 Å². The third-order valence-electron chi connectivity index (χ3n) is 1.93. The van der Waals surface area contributed by atoms with Crippen LogP contribution in [0.3, 0.4) is 0 Å². The standard InChI is InChI=1S/C10H10Cl2N2O2/c11-6-2-1-5(3-7(6)12)8(13)4-9(14)10(15)16/h1-4,8H,13-14H2,(H,15,16)/b9-4-. The minimum absolute atomic E-state index is 0.307. The number of nitrogens with two attached hydrogens (primary N) is 2. The van der Waals surface area contributed by atoms with Gasteiger partial charge in [-0.1, -0.05) is 29.3 Å². The Hall–Kier alpha value is -1.23. The number of benzene rings is 1. The molecule has 0 aliphatic heterocycles. The van der Waals surface area contributed by atoms with Crippen LogP contribution in [0.2, 0.25) is 10.0 Å². The van der Waals surface area contributed by atoms with Gasteiger partial charge in [0.05, 0.1) is 16.1 Å². The predicted molar refractivity (Wildman–Crippen MR) is 63.3 cm³/mol. The van der Waals surface area contributed by atoms with Gasteiger partial charge in [-0.25, -0.2) is 4.79 Å². The van der Waals surface area contributed by atoms with Crippen molar-refractivity contribution in [3.05, 3.63) is 45.6 Å². The topological polar surface area (TPSA) is 89.3 Å². The monoisotopic (exact) mass is 260 g/mol. The van der Waals surface area contributed by atoms with Crippen molar-refractivity contribution in [2.45, 2.75) is 6.04 Å². The van der Waals surface area contributed by atoms with Crippen LogP contribution in [-0.4, -0.2) is 11.1 Å². The highest BCUT2D eigenvalue weighted by Crippen LogP contribution is 2.25. The van der Waals surface area contributed by atoms with E-state index in [4.69, 9.17) is 39.8 Å². The van der Waals surface area contributed by atoms with Crippen LogP contribution >= 0.6 is 23.2 Å². The Kier molecular flexibility index (Phi) is 4.18. The van der Waals surface area contributed by atoms with Gasteiger partial charge in [0.25, 0.3) is 0 Å². The molecule has 1 atom stereocenters. The first kappa shape index (κ1) is 12.8. The molecule has 0 saturated heterocycles. The Bertz CT molecular complexity index is 446. The molecule has 16 heavy (non-hydrogen) atoms. The van der Waals surface area contributed by atoms with Crippen molar-refractivity contribution in [3.8, 4) is 0 Å². The minimum atomic E-state index is -1.21. The Morgan fingerprint density at radius 2 is 2.00 bits per heavy atom. The van der Waals surface area contributed by atoms with Crippen molar-refractivity contribution < 1.29 is 9.90 Å². The highest BCUT2D eigenvalue weighted by Gasteiger charge is 2.09. The van der Waals surface area contributed by atoms with Gasteiger partial charge >= 0.3 is 5.97 Å². The van der Waals surface area contributed by atoms with Crippen molar-refractivity contribution in [1.82, 2.24) is 0 Å². The van der Waals surface area contributed by atoms with Gasteiger partial charge in [0.2, 0.25) is 0 Å². The average Bonchev–Trinajstić information content (AvgIpc) is 2.21. The third-order valence-corrected chi connectivity index (χ3v) is 2.67. The number of rotatable bonds is 3. The second-order valence-electron chi connectivity index (χ2n) is 3.13. The van der Waals surface area contributed by atoms with Crippen molar-refractivity contribution >= 4 is 29.2 Å². The number of hydrogen-bond donors (Lipinski definition) is 3. The summed E-state index contributed by atoms with van der Waals surface area (Å²) in [4.78, 5) is 10.5. The van der Waals surface area contributed by atoms with Gasteiger partial charge in [-0.3, -0.25) is 0 Å². The lowest BCUT2D eigenvalue weighted by molar-refractivity contribution is -0.132.